The maximum atomic E-state index is 12.4. The molecule has 3 amide bonds. The second-order valence-electron chi connectivity index (χ2n) is 9.80. The number of piperazine rings is 1. The first-order chi connectivity index (χ1) is 16.7. The van der Waals surface area contributed by atoms with E-state index in [1.807, 2.05) is 25.7 Å². The minimum atomic E-state index is -0.0411. The highest BCUT2D eigenvalue weighted by Crippen LogP contribution is 2.24. The molecule has 0 radical (unpaired) electrons. The molecule has 1 aromatic heterocycles. The van der Waals surface area contributed by atoms with Gasteiger partial charge in [-0.25, -0.2) is 14.8 Å². The average molecular weight is 526 g/mol. The van der Waals surface area contributed by atoms with Crippen molar-refractivity contribution in [2.24, 2.45) is 0 Å². The first-order valence-corrected chi connectivity index (χ1v) is 14.1. The zero-order chi connectivity index (χ0) is 25.4. The molecule has 2 aliphatic heterocycles. The van der Waals surface area contributed by atoms with Gasteiger partial charge in [-0.3, -0.25) is 4.79 Å². The summed E-state index contributed by atoms with van der Waals surface area (Å²) in [6.45, 7) is 13.0. The van der Waals surface area contributed by atoms with Gasteiger partial charge in [0.1, 0.15) is 11.0 Å². The van der Waals surface area contributed by atoms with Gasteiger partial charge in [0.15, 0.2) is 5.16 Å². The lowest BCUT2D eigenvalue weighted by Crippen LogP contribution is -2.57. The first-order valence-electron chi connectivity index (χ1n) is 12.7. The molecular formula is C24H40ClN7O2S. The van der Waals surface area contributed by atoms with Gasteiger partial charge in [0.25, 0.3) is 0 Å². The van der Waals surface area contributed by atoms with Gasteiger partial charge in [-0.15, -0.1) is 0 Å². The number of hydrogen-bond donors (Lipinski definition) is 2. The number of amides is 3. The third-order valence-corrected chi connectivity index (χ3v) is 7.54. The van der Waals surface area contributed by atoms with Crippen LogP contribution in [0, 0.1) is 0 Å². The van der Waals surface area contributed by atoms with Crippen molar-refractivity contribution in [2.75, 3.05) is 49.9 Å². The van der Waals surface area contributed by atoms with Crippen LogP contribution in [-0.2, 0) is 4.79 Å². The number of urea groups is 1. The molecule has 2 saturated heterocycles. The third-order valence-electron chi connectivity index (χ3n) is 6.50. The fraction of sp³-hybridized carbons (Fsp3) is 0.750. The zero-order valence-corrected chi connectivity index (χ0v) is 23.0. The summed E-state index contributed by atoms with van der Waals surface area (Å²) in [7, 11) is 0. The highest BCUT2D eigenvalue weighted by molar-refractivity contribution is 7.99. The van der Waals surface area contributed by atoms with Crippen molar-refractivity contribution in [3.8, 4) is 0 Å². The van der Waals surface area contributed by atoms with Crippen LogP contribution >= 0.6 is 23.4 Å². The van der Waals surface area contributed by atoms with Crippen molar-refractivity contribution in [2.45, 2.75) is 76.7 Å². The van der Waals surface area contributed by atoms with Crippen molar-refractivity contribution in [3.63, 3.8) is 0 Å². The van der Waals surface area contributed by atoms with Gasteiger partial charge >= 0.3 is 6.03 Å². The van der Waals surface area contributed by atoms with Crippen LogP contribution in [0.3, 0.4) is 0 Å². The number of nitrogens with zero attached hydrogens (tertiary/aromatic N) is 5. The fourth-order valence-corrected chi connectivity index (χ4v) is 5.50. The largest absolute Gasteiger partial charge is 0.355 e. The van der Waals surface area contributed by atoms with Crippen molar-refractivity contribution < 1.29 is 9.59 Å². The monoisotopic (exact) mass is 525 g/mol. The quantitative estimate of drug-likeness (QED) is 0.221. The van der Waals surface area contributed by atoms with Crippen molar-refractivity contribution in [3.05, 3.63) is 11.2 Å². The molecule has 2 fully saturated rings. The predicted molar refractivity (Wildman–Crippen MR) is 142 cm³/mol. The Morgan fingerprint density at radius 3 is 2.69 bits per heavy atom. The number of aromatic nitrogens is 2. The van der Waals surface area contributed by atoms with Gasteiger partial charge in [0.05, 0.1) is 5.75 Å². The summed E-state index contributed by atoms with van der Waals surface area (Å²) in [5, 5.41) is 6.80. The lowest BCUT2D eigenvalue weighted by molar-refractivity contribution is -0.118. The van der Waals surface area contributed by atoms with E-state index in [2.05, 4.69) is 37.3 Å². The number of anilines is 1. The van der Waals surface area contributed by atoms with Crippen molar-refractivity contribution in [1.29, 1.82) is 0 Å². The van der Waals surface area contributed by atoms with E-state index in [9.17, 15) is 9.59 Å². The van der Waals surface area contributed by atoms with Crippen LogP contribution < -0.4 is 15.5 Å². The Balaban J connectivity index is 1.44. The molecule has 0 aliphatic carbocycles. The van der Waals surface area contributed by atoms with Gasteiger partial charge in [-0.1, -0.05) is 29.8 Å². The molecule has 0 saturated carbocycles. The van der Waals surface area contributed by atoms with Crippen molar-refractivity contribution in [1.82, 2.24) is 30.4 Å². The van der Waals surface area contributed by atoms with Crippen LogP contribution in [0.1, 0.15) is 53.4 Å². The fourth-order valence-electron chi connectivity index (χ4n) is 4.59. The summed E-state index contributed by atoms with van der Waals surface area (Å²) in [6.07, 6.45) is 4.82. The van der Waals surface area contributed by atoms with E-state index in [4.69, 9.17) is 11.6 Å². The number of carbonyl (C=O) groups is 2. The highest BCUT2D eigenvalue weighted by atomic mass is 35.5. The van der Waals surface area contributed by atoms with E-state index in [1.165, 1.54) is 37.6 Å². The predicted octanol–water partition coefficient (Wildman–Crippen LogP) is 3.23. The Bertz CT molecular complexity index is 859. The molecule has 2 N–H and O–H groups in total. The minimum absolute atomic E-state index is 0.0229. The van der Waals surface area contributed by atoms with Crippen LogP contribution in [0.15, 0.2) is 11.2 Å². The number of halogens is 1. The molecule has 3 rings (SSSR count). The Morgan fingerprint density at radius 2 is 1.97 bits per heavy atom. The van der Waals surface area contributed by atoms with Crippen LogP contribution in [0.5, 0.6) is 0 Å². The number of hydrogen-bond acceptors (Lipinski definition) is 7. The number of rotatable bonds is 9. The lowest BCUT2D eigenvalue weighted by atomic mass is 10.0. The van der Waals surface area contributed by atoms with E-state index in [-0.39, 0.29) is 29.8 Å². The van der Waals surface area contributed by atoms with Crippen LogP contribution in [0.4, 0.5) is 10.6 Å². The van der Waals surface area contributed by atoms with E-state index in [0.717, 1.165) is 18.8 Å². The smallest absolute Gasteiger partial charge is 0.317 e. The minimum Gasteiger partial charge on any atom is -0.355 e. The van der Waals surface area contributed by atoms with E-state index in [1.54, 1.807) is 6.07 Å². The van der Waals surface area contributed by atoms with Crippen LogP contribution in [0.2, 0.25) is 5.15 Å². The average Bonchev–Trinajstić information content (AvgIpc) is 2.80. The Kier molecular flexibility index (Phi) is 10.7. The number of likely N-dealkylation sites (tertiary alicyclic amines) is 1. The van der Waals surface area contributed by atoms with Gasteiger partial charge < -0.3 is 25.3 Å². The van der Waals surface area contributed by atoms with E-state index < -0.39 is 0 Å². The number of piperidine rings is 1. The van der Waals surface area contributed by atoms with Crippen LogP contribution in [0.25, 0.3) is 0 Å². The second kappa shape index (κ2) is 13.5. The second-order valence-corrected chi connectivity index (χ2v) is 11.1. The molecule has 196 valence electrons. The maximum absolute atomic E-state index is 12.4. The molecule has 3 heterocycles. The van der Waals surface area contributed by atoms with E-state index in [0.29, 0.717) is 42.5 Å². The molecule has 9 nitrogen and oxygen atoms in total. The maximum Gasteiger partial charge on any atom is 0.317 e. The van der Waals surface area contributed by atoms with Gasteiger partial charge in [0, 0.05) is 56.9 Å². The summed E-state index contributed by atoms with van der Waals surface area (Å²) >= 11 is 7.56. The molecule has 0 aromatic carbocycles. The Labute approximate surface area is 218 Å². The summed E-state index contributed by atoms with van der Waals surface area (Å²) in [4.78, 5) is 40.2. The molecule has 2 aliphatic rings. The third kappa shape index (κ3) is 8.68. The highest BCUT2D eigenvalue weighted by Gasteiger charge is 2.28. The molecule has 35 heavy (non-hydrogen) atoms. The van der Waals surface area contributed by atoms with Gasteiger partial charge in [0.2, 0.25) is 5.91 Å². The summed E-state index contributed by atoms with van der Waals surface area (Å²) in [5.74, 6) is 0.948. The molecule has 1 aromatic rings. The molecule has 2 atom stereocenters. The molecule has 0 spiro atoms. The van der Waals surface area contributed by atoms with Gasteiger partial charge in [-0.05, 0) is 53.5 Å². The number of carbonyl (C=O) groups excluding carboxylic acids is 2. The van der Waals surface area contributed by atoms with Gasteiger partial charge in [-0.2, -0.15) is 0 Å². The Hall–Kier alpha value is -1.78. The SMILES string of the molecule is CC(C)NC(=O)N1CCN(c2cc(Cl)nc(SCC(=O)NCCCN3CCCCC3C)n2)CC1C. The topological polar surface area (TPSA) is 93.7 Å². The van der Waals surface area contributed by atoms with E-state index >= 15 is 0 Å². The Morgan fingerprint density at radius 1 is 1.17 bits per heavy atom. The lowest BCUT2D eigenvalue weighted by Gasteiger charge is -2.40. The molecule has 2 unspecified atom stereocenters. The zero-order valence-electron chi connectivity index (χ0n) is 21.4. The summed E-state index contributed by atoms with van der Waals surface area (Å²) in [5.41, 5.74) is 0. The molecular weight excluding hydrogens is 486 g/mol. The van der Waals surface area contributed by atoms with Crippen molar-refractivity contribution >= 4 is 41.1 Å². The number of nitrogens with one attached hydrogen (secondary N) is 2. The standard InChI is InChI=1S/C24H40ClN7O2S/c1-17(2)27-24(34)32-13-12-31(15-19(32)4)21-14-20(25)28-23(29-21)35-16-22(33)26-9-7-11-30-10-6-5-8-18(30)3/h14,17-19H,5-13,15-16H2,1-4H3,(H,26,33)(H,27,34). The summed E-state index contributed by atoms with van der Waals surface area (Å²) in [6, 6.07) is 2.48. The molecule has 11 heteroatoms. The first kappa shape index (κ1) is 27.8. The summed E-state index contributed by atoms with van der Waals surface area (Å²) < 4.78 is 0. The van der Waals surface area contributed by atoms with Crippen LogP contribution in [-0.4, -0.2) is 94.9 Å². The molecule has 0 bridgehead atoms. The number of thioether (sulfide) groups is 1. The normalized spacial score (nSPS) is 21.3.